The molecule has 22 heavy (non-hydrogen) atoms. The van der Waals surface area contributed by atoms with E-state index in [0.717, 1.165) is 23.4 Å². The lowest BCUT2D eigenvalue weighted by atomic mass is 10.1. The number of carbonyl (C=O) groups excluding carboxylic acids is 1. The van der Waals surface area contributed by atoms with Crippen LogP contribution in [0.2, 0.25) is 0 Å². The Morgan fingerprint density at radius 3 is 2.64 bits per heavy atom. The van der Waals surface area contributed by atoms with Gasteiger partial charge in [0.15, 0.2) is 0 Å². The molecule has 0 saturated heterocycles. The molecule has 4 nitrogen and oxygen atoms in total. The Morgan fingerprint density at radius 2 is 2.00 bits per heavy atom. The molecule has 1 aromatic carbocycles. The first-order chi connectivity index (χ1) is 9.70. The van der Waals surface area contributed by atoms with Crippen molar-refractivity contribution in [1.82, 2.24) is 10.3 Å². The van der Waals surface area contributed by atoms with Gasteiger partial charge in [-0.25, -0.2) is 4.98 Å². The first-order valence-corrected chi connectivity index (χ1v) is 7.55. The summed E-state index contributed by atoms with van der Waals surface area (Å²) in [6.45, 7) is 2.52. The highest BCUT2D eigenvalue weighted by atomic mass is 35.5. The fourth-order valence-electron chi connectivity index (χ4n) is 1.85. The summed E-state index contributed by atoms with van der Waals surface area (Å²) < 4.78 is 0. The van der Waals surface area contributed by atoms with Crippen LogP contribution in [0.25, 0.3) is 0 Å². The molecule has 0 radical (unpaired) electrons. The Balaban J connectivity index is 0.00000220. The summed E-state index contributed by atoms with van der Waals surface area (Å²) in [5.74, 6) is -0.101. The molecular formula is C15H21Cl2N3OS. The Morgan fingerprint density at radius 1 is 1.32 bits per heavy atom. The number of nitrogens with one attached hydrogen (secondary N) is 1. The number of rotatable bonds is 6. The lowest BCUT2D eigenvalue weighted by Gasteiger charge is -2.12. The normalized spacial score (nSPS) is 11.0. The number of nitrogens with zero attached hydrogens (tertiary/aromatic N) is 1. The molecule has 122 valence electrons. The van der Waals surface area contributed by atoms with Crippen molar-refractivity contribution >= 4 is 42.1 Å². The SMILES string of the molecule is CCCc1ncc(C(=O)NCC(N)c2ccccc2)s1.Cl.Cl. The zero-order valence-corrected chi connectivity index (χ0v) is 14.8. The summed E-state index contributed by atoms with van der Waals surface area (Å²) in [4.78, 5) is 16.9. The molecule has 1 atom stereocenters. The van der Waals surface area contributed by atoms with E-state index in [1.165, 1.54) is 11.3 Å². The standard InChI is InChI=1S/C15H19N3OS.2ClH/c1-2-6-14-17-10-13(20-14)15(19)18-9-12(16)11-7-4-3-5-8-11;;/h3-5,7-8,10,12H,2,6,9,16H2,1H3,(H,18,19);2*1H. The summed E-state index contributed by atoms with van der Waals surface area (Å²) in [5, 5.41) is 3.86. The summed E-state index contributed by atoms with van der Waals surface area (Å²) in [6.07, 6.45) is 3.59. The summed E-state index contributed by atoms with van der Waals surface area (Å²) in [7, 11) is 0. The molecule has 1 unspecified atom stereocenters. The second kappa shape index (κ2) is 10.6. The van der Waals surface area contributed by atoms with Crippen molar-refractivity contribution < 1.29 is 4.79 Å². The maximum absolute atomic E-state index is 12.0. The number of hydrogen-bond donors (Lipinski definition) is 2. The number of halogens is 2. The molecule has 0 aliphatic carbocycles. The van der Waals surface area contributed by atoms with Crippen LogP contribution < -0.4 is 11.1 Å². The lowest BCUT2D eigenvalue weighted by molar-refractivity contribution is 0.0955. The van der Waals surface area contributed by atoms with E-state index in [4.69, 9.17) is 5.73 Å². The van der Waals surface area contributed by atoms with Crippen LogP contribution in [0.3, 0.4) is 0 Å². The van der Waals surface area contributed by atoms with Crippen LogP contribution in [0.15, 0.2) is 36.5 Å². The fraction of sp³-hybridized carbons (Fsp3) is 0.333. The fourth-order valence-corrected chi connectivity index (χ4v) is 2.79. The van der Waals surface area contributed by atoms with Crippen LogP contribution in [-0.2, 0) is 6.42 Å². The van der Waals surface area contributed by atoms with E-state index in [-0.39, 0.29) is 36.8 Å². The van der Waals surface area contributed by atoms with E-state index >= 15 is 0 Å². The van der Waals surface area contributed by atoms with Crippen molar-refractivity contribution in [2.75, 3.05) is 6.54 Å². The number of benzene rings is 1. The molecule has 0 aliphatic heterocycles. The minimum atomic E-state index is -0.191. The zero-order valence-electron chi connectivity index (χ0n) is 12.3. The quantitative estimate of drug-likeness (QED) is 0.828. The Labute approximate surface area is 147 Å². The summed E-state index contributed by atoms with van der Waals surface area (Å²) in [5.41, 5.74) is 7.06. The summed E-state index contributed by atoms with van der Waals surface area (Å²) >= 11 is 1.45. The first kappa shape index (κ1) is 20.9. The Kier molecular flexibility index (Phi) is 10.0. The molecule has 1 aromatic heterocycles. The lowest BCUT2D eigenvalue weighted by Crippen LogP contribution is -2.31. The second-order valence-electron chi connectivity index (χ2n) is 4.60. The molecule has 0 bridgehead atoms. The van der Waals surface area contributed by atoms with Crippen LogP contribution in [-0.4, -0.2) is 17.4 Å². The summed E-state index contributed by atoms with van der Waals surface area (Å²) in [6, 6.07) is 9.56. The van der Waals surface area contributed by atoms with Gasteiger partial charge in [-0.05, 0) is 18.4 Å². The van der Waals surface area contributed by atoms with Gasteiger partial charge in [-0.2, -0.15) is 0 Å². The van der Waals surface area contributed by atoms with Gasteiger partial charge < -0.3 is 11.1 Å². The van der Waals surface area contributed by atoms with Crippen LogP contribution >= 0.6 is 36.2 Å². The average Bonchev–Trinajstić information content (AvgIpc) is 2.94. The molecular weight excluding hydrogens is 341 g/mol. The molecule has 0 fully saturated rings. The third-order valence-electron chi connectivity index (χ3n) is 2.95. The van der Waals surface area contributed by atoms with E-state index < -0.39 is 0 Å². The molecule has 0 spiro atoms. The number of carbonyl (C=O) groups is 1. The van der Waals surface area contributed by atoms with Crippen molar-refractivity contribution in [3.8, 4) is 0 Å². The highest BCUT2D eigenvalue weighted by Gasteiger charge is 2.12. The van der Waals surface area contributed by atoms with Gasteiger partial charge in [0.25, 0.3) is 5.91 Å². The van der Waals surface area contributed by atoms with Gasteiger partial charge in [-0.3, -0.25) is 4.79 Å². The number of hydrogen-bond acceptors (Lipinski definition) is 4. The smallest absolute Gasteiger partial charge is 0.263 e. The minimum absolute atomic E-state index is 0. The third kappa shape index (κ3) is 5.93. The van der Waals surface area contributed by atoms with Crippen molar-refractivity contribution in [2.45, 2.75) is 25.8 Å². The highest BCUT2D eigenvalue weighted by Crippen LogP contribution is 2.15. The van der Waals surface area contributed by atoms with Gasteiger partial charge in [0.05, 0.1) is 11.2 Å². The van der Waals surface area contributed by atoms with E-state index in [0.29, 0.717) is 11.4 Å². The Bertz CT molecular complexity index is 563. The van der Waals surface area contributed by atoms with Gasteiger partial charge in [-0.1, -0.05) is 37.3 Å². The van der Waals surface area contributed by atoms with Crippen molar-refractivity contribution in [3.05, 3.63) is 52.0 Å². The van der Waals surface area contributed by atoms with Gasteiger partial charge in [0, 0.05) is 12.6 Å². The first-order valence-electron chi connectivity index (χ1n) is 6.74. The molecule has 0 saturated carbocycles. The highest BCUT2D eigenvalue weighted by molar-refractivity contribution is 7.13. The number of thiazole rings is 1. The molecule has 2 aromatic rings. The predicted molar refractivity (Wildman–Crippen MR) is 96.3 cm³/mol. The molecule has 7 heteroatoms. The van der Waals surface area contributed by atoms with Crippen molar-refractivity contribution in [1.29, 1.82) is 0 Å². The monoisotopic (exact) mass is 361 g/mol. The van der Waals surface area contributed by atoms with Crippen LogP contribution in [0.5, 0.6) is 0 Å². The van der Waals surface area contributed by atoms with E-state index in [1.807, 2.05) is 30.3 Å². The van der Waals surface area contributed by atoms with Gasteiger partial charge >= 0.3 is 0 Å². The molecule has 0 aliphatic rings. The third-order valence-corrected chi connectivity index (χ3v) is 4.01. The van der Waals surface area contributed by atoms with Crippen molar-refractivity contribution in [3.63, 3.8) is 0 Å². The zero-order chi connectivity index (χ0) is 14.4. The van der Waals surface area contributed by atoms with Gasteiger partial charge in [0.2, 0.25) is 0 Å². The van der Waals surface area contributed by atoms with Crippen LogP contribution in [0.4, 0.5) is 0 Å². The average molecular weight is 362 g/mol. The van der Waals surface area contributed by atoms with Gasteiger partial charge in [0.1, 0.15) is 4.88 Å². The Hall–Kier alpha value is -1.14. The van der Waals surface area contributed by atoms with Crippen LogP contribution in [0, 0.1) is 0 Å². The van der Waals surface area contributed by atoms with E-state index in [9.17, 15) is 4.79 Å². The van der Waals surface area contributed by atoms with E-state index in [1.54, 1.807) is 6.20 Å². The van der Waals surface area contributed by atoms with Crippen molar-refractivity contribution in [2.24, 2.45) is 5.73 Å². The number of aryl methyl sites for hydroxylation is 1. The van der Waals surface area contributed by atoms with E-state index in [2.05, 4.69) is 17.2 Å². The maximum Gasteiger partial charge on any atom is 0.263 e. The molecule has 3 N–H and O–H groups in total. The largest absolute Gasteiger partial charge is 0.349 e. The number of aromatic nitrogens is 1. The number of amides is 1. The van der Waals surface area contributed by atoms with Gasteiger partial charge in [-0.15, -0.1) is 36.2 Å². The number of nitrogens with two attached hydrogens (primary N) is 1. The predicted octanol–water partition coefficient (Wildman–Crippen LogP) is 3.37. The maximum atomic E-state index is 12.0. The second-order valence-corrected chi connectivity index (χ2v) is 5.71. The topological polar surface area (TPSA) is 68.0 Å². The molecule has 1 heterocycles. The molecule has 2 rings (SSSR count). The minimum Gasteiger partial charge on any atom is -0.349 e. The molecule has 1 amide bonds. The van der Waals surface area contributed by atoms with Crippen LogP contribution in [0.1, 0.15) is 39.6 Å².